The highest BCUT2D eigenvalue weighted by Gasteiger charge is 2.49. The molecular weight excluding hydrogens is 116 g/mol. The second kappa shape index (κ2) is 1.31. The van der Waals surface area contributed by atoms with E-state index in [1.54, 1.807) is 0 Å². The lowest BCUT2D eigenvalue weighted by molar-refractivity contribution is -0.154. The summed E-state index contributed by atoms with van der Waals surface area (Å²) in [4.78, 5) is 10.8. The molecule has 1 aliphatic heterocycles. The predicted molar refractivity (Wildman–Crippen MR) is 31.8 cm³/mol. The molecule has 0 N–H and O–H groups in total. The molecule has 0 amide bonds. The topological polar surface area (TPSA) is 26.3 Å². The molecule has 1 saturated heterocycles. The molecule has 50 valence electrons. The summed E-state index contributed by atoms with van der Waals surface area (Å²) in [6.07, 6.45) is 3.09. The minimum atomic E-state index is -0.0677. The summed E-state index contributed by atoms with van der Waals surface area (Å²) in [7, 11) is 0. The van der Waals surface area contributed by atoms with Crippen molar-refractivity contribution in [3.8, 4) is 0 Å². The lowest BCUT2D eigenvalue weighted by Crippen LogP contribution is -2.24. The highest BCUT2D eigenvalue weighted by Crippen LogP contribution is 2.44. The van der Waals surface area contributed by atoms with Gasteiger partial charge in [0.25, 0.3) is 0 Å². The quantitative estimate of drug-likeness (QED) is 0.454. The summed E-state index contributed by atoms with van der Waals surface area (Å²) < 4.78 is 5.11. The minimum absolute atomic E-state index is 0.0313. The molecule has 0 aromatic heterocycles. The Morgan fingerprint density at radius 1 is 1.78 bits per heavy atom. The van der Waals surface area contributed by atoms with Crippen LogP contribution in [0.2, 0.25) is 0 Å². The van der Waals surface area contributed by atoms with E-state index >= 15 is 0 Å². The monoisotopic (exact) mass is 126 g/mol. The maximum atomic E-state index is 10.8. The van der Waals surface area contributed by atoms with Crippen molar-refractivity contribution in [2.24, 2.45) is 5.92 Å². The van der Waals surface area contributed by atoms with E-state index < -0.39 is 0 Å². The minimum Gasteiger partial charge on any atom is -0.459 e. The van der Waals surface area contributed by atoms with E-state index in [1.165, 1.54) is 0 Å². The van der Waals surface area contributed by atoms with Crippen molar-refractivity contribution < 1.29 is 9.53 Å². The Bertz CT molecular complexity index is 164. The van der Waals surface area contributed by atoms with Gasteiger partial charge in [-0.25, -0.2) is 0 Å². The van der Waals surface area contributed by atoms with Crippen molar-refractivity contribution in [1.82, 2.24) is 0 Å². The third kappa shape index (κ3) is 0.590. The van der Waals surface area contributed by atoms with E-state index in [2.05, 4.69) is 0 Å². The van der Waals surface area contributed by atoms with Crippen molar-refractivity contribution in [2.75, 3.05) is 0 Å². The van der Waals surface area contributed by atoms with Crippen LogP contribution < -0.4 is 0 Å². The largest absolute Gasteiger partial charge is 0.459 e. The summed E-state index contributed by atoms with van der Waals surface area (Å²) in [6, 6.07) is 0. The van der Waals surface area contributed by atoms with Crippen LogP contribution in [0.1, 0.15) is 26.2 Å². The number of carbonyl (C=O) groups excluding carboxylic acids is 1. The van der Waals surface area contributed by atoms with Gasteiger partial charge in [0, 0.05) is 6.42 Å². The molecule has 2 unspecified atom stereocenters. The molecule has 0 aromatic carbocycles. The summed E-state index contributed by atoms with van der Waals surface area (Å²) in [5, 5.41) is 0. The average Bonchev–Trinajstić information content (AvgIpc) is 2.20. The second-order valence-corrected chi connectivity index (χ2v) is 3.31. The summed E-state index contributed by atoms with van der Waals surface area (Å²) in [5.41, 5.74) is -0.0677. The number of ether oxygens (including phenoxy) is 1. The standard InChI is InChI=1S/C7H10O2/c1-7-3-2-5(4-7)6(8)9-7/h5H,2-4H2,1H3. The Hall–Kier alpha value is -0.530. The Labute approximate surface area is 54.2 Å². The van der Waals surface area contributed by atoms with Gasteiger partial charge >= 0.3 is 5.97 Å². The van der Waals surface area contributed by atoms with Gasteiger partial charge in [-0.15, -0.1) is 0 Å². The fraction of sp³-hybridized carbons (Fsp3) is 0.857. The van der Waals surface area contributed by atoms with Crippen molar-refractivity contribution in [3.63, 3.8) is 0 Å². The van der Waals surface area contributed by atoms with E-state index in [-0.39, 0.29) is 17.5 Å². The van der Waals surface area contributed by atoms with Crippen LogP contribution in [0, 0.1) is 5.92 Å². The molecule has 1 saturated carbocycles. The molecule has 2 rings (SSSR count). The molecule has 2 bridgehead atoms. The Morgan fingerprint density at radius 3 is 2.78 bits per heavy atom. The fourth-order valence-corrected chi connectivity index (χ4v) is 1.82. The molecule has 0 aromatic rings. The maximum absolute atomic E-state index is 10.8. The molecule has 2 atom stereocenters. The summed E-state index contributed by atoms with van der Waals surface area (Å²) >= 11 is 0. The number of hydrogen-bond donors (Lipinski definition) is 0. The normalized spacial score (nSPS) is 47.7. The van der Waals surface area contributed by atoms with Gasteiger partial charge < -0.3 is 4.74 Å². The van der Waals surface area contributed by atoms with Crippen LogP contribution in [0.4, 0.5) is 0 Å². The van der Waals surface area contributed by atoms with Crippen LogP contribution in [0.5, 0.6) is 0 Å². The van der Waals surface area contributed by atoms with E-state index in [0.29, 0.717) is 0 Å². The molecular formula is C7H10O2. The van der Waals surface area contributed by atoms with Crippen molar-refractivity contribution in [3.05, 3.63) is 0 Å². The highest BCUT2D eigenvalue weighted by atomic mass is 16.6. The lowest BCUT2D eigenvalue weighted by Gasteiger charge is -2.20. The summed E-state index contributed by atoms with van der Waals surface area (Å²) in [6.45, 7) is 2.03. The van der Waals surface area contributed by atoms with E-state index in [1.807, 2.05) is 6.92 Å². The first-order valence-electron chi connectivity index (χ1n) is 3.42. The van der Waals surface area contributed by atoms with E-state index in [9.17, 15) is 4.79 Å². The van der Waals surface area contributed by atoms with Gasteiger partial charge in [-0.1, -0.05) is 0 Å². The first-order valence-corrected chi connectivity index (χ1v) is 3.42. The zero-order valence-electron chi connectivity index (χ0n) is 5.52. The Balaban J connectivity index is 2.28. The molecule has 2 nitrogen and oxygen atoms in total. The van der Waals surface area contributed by atoms with Gasteiger partial charge in [0.1, 0.15) is 5.60 Å². The summed E-state index contributed by atoms with van der Waals surface area (Å²) in [5.74, 6) is 0.277. The zero-order valence-corrected chi connectivity index (χ0v) is 5.52. The zero-order chi connectivity index (χ0) is 6.48. The van der Waals surface area contributed by atoms with Crippen LogP contribution in [-0.4, -0.2) is 11.6 Å². The number of hydrogen-bond acceptors (Lipinski definition) is 2. The molecule has 0 radical (unpaired) electrons. The van der Waals surface area contributed by atoms with E-state index in [4.69, 9.17) is 4.74 Å². The Morgan fingerprint density at radius 2 is 2.56 bits per heavy atom. The third-order valence-electron chi connectivity index (χ3n) is 2.38. The van der Waals surface area contributed by atoms with Crippen molar-refractivity contribution in [1.29, 1.82) is 0 Å². The van der Waals surface area contributed by atoms with Crippen molar-refractivity contribution in [2.45, 2.75) is 31.8 Å². The number of rotatable bonds is 0. The van der Waals surface area contributed by atoms with Crippen LogP contribution >= 0.6 is 0 Å². The van der Waals surface area contributed by atoms with E-state index in [0.717, 1.165) is 19.3 Å². The van der Waals surface area contributed by atoms with Gasteiger partial charge in [-0.2, -0.15) is 0 Å². The first kappa shape index (κ1) is 5.27. The van der Waals surface area contributed by atoms with Gasteiger partial charge in [0.15, 0.2) is 0 Å². The van der Waals surface area contributed by atoms with Crippen LogP contribution in [-0.2, 0) is 9.53 Å². The number of carbonyl (C=O) groups is 1. The van der Waals surface area contributed by atoms with Crippen LogP contribution in [0.15, 0.2) is 0 Å². The van der Waals surface area contributed by atoms with Crippen LogP contribution in [0.3, 0.4) is 0 Å². The van der Waals surface area contributed by atoms with Gasteiger partial charge in [0.05, 0.1) is 5.92 Å². The highest BCUT2D eigenvalue weighted by molar-refractivity contribution is 5.76. The van der Waals surface area contributed by atoms with Crippen molar-refractivity contribution >= 4 is 5.97 Å². The molecule has 2 heteroatoms. The SMILES string of the molecule is CC12CCC(C1)C(=O)O2. The molecule has 9 heavy (non-hydrogen) atoms. The molecule has 0 spiro atoms. The third-order valence-corrected chi connectivity index (χ3v) is 2.38. The lowest BCUT2D eigenvalue weighted by atomic mass is 10.1. The number of esters is 1. The second-order valence-electron chi connectivity index (χ2n) is 3.31. The fourth-order valence-electron chi connectivity index (χ4n) is 1.82. The number of fused-ring (bicyclic) bond motifs is 2. The molecule has 2 aliphatic rings. The Kier molecular flexibility index (Phi) is 0.765. The van der Waals surface area contributed by atoms with Gasteiger partial charge in [0.2, 0.25) is 0 Å². The molecule has 1 heterocycles. The first-order chi connectivity index (χ1) is 4.20. The van der Waals surface area contributed by atoms with Gasteiger partial charge in [-0.3, -0.25) is 4.79 Å². The molecule has 2 fully saturated rings. The predicted octanol–water partition coefficient (Wildman–Crippen LogP) is 1.10. The van der Waals surface area contributed by atoms with Gasteiger partial charge in [-0.05, 0) is 19.8 Å². The smallest absolute Gasteiger partial charge is 0.309 e. The van der Waals surface area contributed by atoms with Crippen LogP contribution in [0.25, 0.3) is 0 Å². The maximum Gasteiger partial charge on any atom is 0.309 e. The molecule has 1 aliphatic carbocycles. The average molecular weight is 126 g/mol.